The number of carbonyl (C=O) groups excluding carboxylic acids is 1. The van der Waals surface area contributed by atoms with Crippen LogP contribution in [0, 0.1) is 0 Å². The number of carbonyl (C=O) groups is 1. The molecule has 1 amide bonds. The number of hydrogen-bond donors (Lipinski definition) is 1. The molecule has 1 N–H and O–H groups in total. The van der Waals surface area contributed by atoms with Crippen LogP contribution in [0.3, 0.4) is 0 Å². The van der Waals surface area contributed by atoms with Crippen LogP contribution in [-0.2, 0) is 13.1 Å². The first-order valence-electron chi connectivity index (χ1n) is 8.69. The molecule has 5 heteroatoms. The molecule has 3 rings (SSSR count). The Morgan fingerprint density at radius 1 is 1.00 bits per heavy atom. The van der Waals surface area contributed by atoms with Crippen molar-refractivity contribution >= 4 is 11.7 Å². The SMILES string of the molecule is CCN(Cc1ccccc1)c1cc(C(=O)NCc2ccccn2)ccn1. The summed E-state index contributed by atoms with van der Waals surface area (Å²) in [7, 11) is 0. The van der Waals surface area contributed by atoms with Crippen LogP contribution in [0.4, 0.5) is 5.82 Å². The van der Waals surface area contributed by atoms with Crippen LogP contribution >= 0.6 is 0 Å². The number of amides is 1. The predicted molar refractivity (Wildman–Crippen MR) is 103 cm³/mol. The summed E-state index contributed by atoms with van der Waals surface area (Å²) < 4.78 is 0. The molecule has 26 heavy (non-hydrogen) atoms. The highest BCUT2D eigenvalue weighted by molar-refractivity contribution is 5.94. The fraction of sp³-hybridized carbons (Fsp3) is 0.190. The van der Waals surface area contributed by atoms with E-state index in [-0.39, 0.29) is 5.91 Å². The lowest BCUT2D eigenvalue weighted by molar-refractivity contribution is 0.0950. The molecule has 0 bridgehead atoms. The van der Waals surface area contributed by atoms with Gasteiger partial charge in [0.25, 0.3) is 5.91 Å². The molecule has 0 fully saturated rings. The molecule has 1 aromatic carbocycles. The Morgan fingerprint density at radius 3 is 2.54 bits per heavy atom. The molecule has 0 radical (unpaired) electrons. The van der Waals surface area contributed by atoms with E-state index in [2.05, 4.69) is 39.2 Å². The summed E-state index contributed by atoms with van der Waals surface area (Å²) >= 11 is 0. The molecule has 0 saturated carbocycles. The van der Waals surface area contributed by atoms with Gasteiger partial charge < -0.3 is 10.2 Å². The maximum absolute atomic E-state index is 12.5. The maximum atomic E-state index is 12.5. The molecule has 5 nitrogen and oxygen atoms in total. The van der Waals surface area contributed by atoms with Crippen molar-refractivity contribution in [2.75, 3.05) is 11.4 Å². The first-order valence-corrected chi connectivity index (χ1v) is 8.69. The Morgan fingerprint density at radius 2 is 1.81 bits per heavy atom. The van der Waals surface area contributed by atoms with Gasteiger partial charge in [-0.1, -0.05) is 36.4 Å². The first kappa shape index (κ1) is 17.6. The molecule has 0 unspecified atom stereocenters. The van der Waals surface area contributed by atoms with E-state index in [0.717, 1.165) is 24.6 Å². The summed E-state index contributed by atoms with van der Waals surface area (Å²) in [5.74, 6) is 0.664. The molecular formula is C21H22N4O. The van der Waals surface area contributed by atoms with Crippen LogP contribution in [0.1, 0.15) is 28.5 Å². The molecule has 0 saturated heterocycles. The largest absolute Gasteiger partial charge is 0.353 e. The van der Waals surface area contributed by atoms with Crippen molar-refractivity contribution < 1.29 is 4.79 Å². The Kier molecular flexibility index (Phi) is 5.93. The quantitative estimate of drug-likeness (QED) is 0.712. The zero-order valence-electron chi connectivity index (χ0n) is 14.8. The van der Waals surface area contributed by atoms with Crippen molar-refractivity contribution in [2.45, 2.75) is 20.0 Å². The minimum absolute atomic E-state index is 0.130. The number of aromatic nitrogens is 2. The number of nitrogens with one attached hydrogen (secondary N) is 1. The Hall–Kier alpha value is -3.21. The van der Waals surface area contributed by atoms with E-state index in [4.69, 9.17) is 0 Å². The van der Waals surface area contributed by atoms with Crippen LogP contribution < -0.4 is 10.2 Å². The van der Waals surface area contributed by atoms with E-state index in [0.29, 0.717) is 12.1 Å². The third-order valence-electron chi connectivity index (χ3n) is 4.09. The molecule has 3 aromatic rings. The summed E-state index contributed by atoms with van der Waals surface area (Å²) in [5.41, 5.74) is 2.63. The van der Waals surface area contributed by atoms with Crippen molar-refractivity contribution in [3.05, 3.63) is 89.9 Å². The summed E-state index contributed by atoms with van der Waals surface area (Å²) in [6, 6.07) is 19.4. The minimum Gasteiger partial charge on any atom is -0.353 e. The van der Waals surface area contributed by atoms with Crippen molar-refractivity contribution in [1.82, 2.24) is 15.3 Å². The van der Waals surface area contributed by atoms with E-state index < -0.39 is 0 Å². The van der Waals surface area contributed by atoms with Gasteiger partial charge in [0.1, 0.15) is 5.82 Å². The Balaban J connectivity index is 1.69. The fourth-order valence-corrected chi connectivity index (χ4v) is 2.67. The van der Waals surface area contributed by atoms with E-state index in [9.17, 15) is 4.79 Å². The van der Waals surface area contributed by atoms with E-state index in [1.807, 2.05) is 42.5 Å². The fourth-order valence-electron chi connectivity index (χ4n) is 2.67. The first-order chi connectivity index (χ1) is 12.8. The molecular weight excluding hydrogens is 324 g/mol. The standard InChI is InChI=1S/C21H22N4O/c1-2-25(16-17-8-4-3-5-9-17)20-14-18(11-13-23-20)21(26)24-15-19-10-6-7-12-22-19/h3-14H,2,15-16H2,1H3,(H,24,26). The van der Waals surface area contributed by atoms with Crippen LogP contribution in [0.25, 0.3) is 0 Å². The molecule has 0 atom stereocenters. The number of rotatable bonds is 7. The monoisotopic (exact) mass is 346 g/mol. The Bertz CT molecular complexity index is 837. The van der Waals surface area contributed by atoms with Crippen LogP contribution in [0.5, 0.6) is 0 Å². The van der Waals surface area contributed by atoms with Gasteiger partial charge in [-0.25, -0.2) is 4.98 Å². The van der Waals surface area contributed by atoms with E-state index in [1.165, 1.54) is 5.56 Å². The van der Waals surface area contributed by atoms with E-state index in [1.54, 1.807) is 18.5 Å². The lowest BCUT2D eigenvalue weighted by Crippen LogP contribution is -2.26. The summed E-state index contributed by atoms with van der Waals surface area (Å²) in [4.78, 5) is 23.3. The van der Waals surface area contributed by atoms with Crippen LogP contribution in [0.2, 0.25) is 0 Å². The second kappa shape index (κ2) is 8.76. The summed E-state index contributed by atoms with van der Waals surface area (Å²) in [6.07, 6.45) is 3.40. The highest BCUT2D eigenvalue weighted by Crippen LogP contribution is 2.16. The van der Waals surface area contributed by atoms with Gasteiger partial charge in [-0.2, -0.15) is 0 Å². The van der Waals surface area contributed by atoms with E-state index >= 15 is 0 Å². The molecule has 0 aliphatic heterocycles. The molecule has 132 valence electrons. The average Bonchev–Trinajstić information content (AvgIpc) is 2.72. The zero-order valence-corrected chi connectivity index (χ0v) is 14.8. The molecule has 0 aliphatic carbocycles. The average molecular weight is 346 g/mol. The van der Waals surface area contributed by atoms with Crippen molar-refractivity contribution in [3.8, 4) is 0 Å². The van der Waals surface area contributed by atoms with Crippen molar-refractivity contribution in [2.24, 2.45) is 0 Å². The van der Waals surface area contributed by atoms with Crippen LogP contribution in [-0.4, -0.2) is 22.4 Å². The highest BCUT2D eigenvalue weighted by Gasteiger charge is 2.11. The number of anilines is 1. The number of nitrogens with zero attached hydrogens (tertiary/aromatic N) is 3. The lowest BCUT2D eigenvalue weighted by Gasteiger charge is -2.22. The van der Waals surface area contributed by atoms with Gasteiger partial charge in [-0.3, -0.25) is 9.78 Å². The van der Waals surface area contributed by atoms with Gasteiger partial charge in [0, 0.05) is 31.0 Å². The predicted octanol–water partition coefficient (Wildman–Crippen LogP) is 3.43. The molecule has 2 heterocycles. The topological polar surface area (TPSA) is 58.1 Å². The lowest BCUT2D eigenvalue weighted by atomic mass is 10.2. The second-order valence-electron chi connectivity index (χ2n) is 5.91. The minimum atomic E-state index is -0.130. The van der Waals surface area contributed by atoms with Gasteiger partial charge in [0.15, 0.2) is 0 Å². The second-order valence-corrected chi connectivity index (χ2v) is 5.91. The number of pyridine rings is 2. The maximum Gasteiger partial charge on any atom is 0.251 e. The molecule has 0 aliphatic rings. The third-order valence-corrected chi connectivity index (χ3v) is 4.09. The van der Waals surface area contributed by atoms with Gasteiger partial charge in [-0.05, 0) is 36.8 Å². The summed E-state index contributed by atoms with van der Waals surface area (Å²) in [6.45, 7) is 4.04. The normalized spacial score (nSPS) is 10.3. The van der Waals surface area contributed by atoms with Gasteiger partial charge >= 0.3 is 0 Å². The molecule has 0 spiro atoms. The third kappa shape index (κ3) is 4.66. The van der Waals surface area contributed by atoms with Gasteiger partial charge in [0.2, 0.25) is 0 Å². The van der Waals surface area contributed by atoms with Gasteiger partial charge in [0.05, 0.1) is 12.2 Å². The Labute approximate surface area is 153 Å². The summed E-state index contributed by atoms with van der Waals surface area (Å²) in [5, 5.41) is 2.90. The van der Waals surface area contributed by atoms with Crippen LogP contribution in [0.15, 0.2) is 73.1 Å². The van der Waals surface area contributed by atoms with Crippen molar-refractivity contribution in [3.63, 3.8) is 0 Å². The zero-order chi connectivity index (χ0) is 18.2. The number of hydrogen-bond acceptors (Lipinski definition) is 4. The van der Waals surface area contributed by atoms with Crippen molar-refractivity contribution in [1.29, 1.82) is 0 Å². The van der Waals surface area contributed by atoms with Gasteiger partial charge in [-0.15, -0.1) is 0 Å². The highest BCUT2D eigenvalue weighted by atomic mass is 16.1. The number of benzene rings is 1. The molecule has 2 aromatic heterocycles. The smallest absolute Gasteiger partial charge is 0.251 e.